The maximum absolute atomic E-state index is 13.6. The number of carbonyl (C=O) groups is 1. The monoisotopic (exact) mass is 397 g/mol. The predicted molar refractivity (Wildman–Crippen MR) is 76.1 cm³/mol. The standard InChI is InChI=1S/C11H6BrF2NO4S2/c12-5-3-7(14)8(4-6(5)13)15-21(18,19)9-1-2-20-10(9)11(16)17/h1-4,15H,(H,16,17). The van der Waals surface area contributed by atoms with Gasteiger partial charge in [-0.1, -0.05) is 0 Å². The Morgan fingerprint density at radius 1 is 1.29 bits per heavy atom. The van der Waals surface area contributed by atoms with Crippen molar-refractivity contribution in [2.45, 2.75) is 4.90 Å². The molecule has 0 fully saturated rings. The van der Waals surface area contributed by atoms with Crippen LogP contribution in [0.5, 0.6) is 0 Å². The van der Waals surface area contributed by atoms with Crippen molar-refractivity contribution < 1.29 is 27.1 Å². The molecule has 1 heterocycles. The molecule has 0 bridgehead atoms. The second-order valence-corrected chi connectivity index (χ2v) is 7.19. The molecular weight excluding hydrogens is 392 g/mol. The minimum atomic E-state index is -4.34. The highest BCUT2D eigenvalue weighted by molar-refractivity contribution is 9.10. The van der Waals surface area contributed by atoms with E-state index in [2.05, 4.69) is 15.9 Å². The van der Waals surface area contributed by atoms with E-state index in [-0.39, 0.29) is 4.47 Å². The summed E-state index contributed by atoms with van der Waals surface area (Å²) in [6, 6.07) is 2.49. The number of carboxylic acids is 1. The van der Waals surface area contributed by atoms with E-state index >= 15 is 0 Å². The number of thiophene rings is 1. The quantitative estimate of drug-likeness (QED) is 0.775. The van der Waals surface area contributed by atoms with E-state index in [1.165, 1.54) is 5.38 Å². The molecular formula is C11H6BrF2NO4S2. The van der Waals surface area contributed by atoms with Crippen LogP contribution in [0.4, 0.5) is 14.5 Å². The summed E-state index contributed by atoms with van der Waals surface area (Å²) in [5, 5.41) is 10.2. The fraction of sp³-hybridized carbons (Fsp3) is 0. The zero-order chi connectivity index (χ0) is 15.8. The van der Waals surface area contributed by atoms with Crippen LogP contribution < -0.4 is 4.72 Å². The van der Waals surface area contributed by atoms with Crippen LogP contribution in [0.2, 0.25) is 0 Å². The number of rotatable bonds is 4. The van der Waals surface area contributed by atoms with Gasteiger partial charge in [0.05, 0.1) is 10.2 Å². The second kappa shape index (κ2) is 5.70. The Labute approximate surface area is 130 Å². The molecule has 0 aliphatic carbocycles. The summed E-state index contributed by atoms with van der Waals surface area (Å²) < 4.78 is 52.8. The number of nitrogens with one attached hydrogen (secondary N) is 1. The molecule has 1 aromatic carbocycles. The molecule has 0 amide bonds. The first-order valence-corrected chi connectivity index (χ1v) is 8.36. The summed E-state index contributed by atoms with van der Waals surface area (Å²) in [7, 11) is -4.34. The van der Waals surface area contributed by atoms with Gasteiger partial charge in [-0.15, -0.1) is 11.3 Å². The lowest BCUT2D eigenvalue weighted by atomic mass is 10.3. The Morgan fingerprint density at radius 3 is 2.57 bits per heavy atom. The number of halogens is 3. The van der Waals surface area contributed by atoms with E-state index in [0.717, 1.165) is 12.1 Å². The topological polar surface area (TPSA) is 83.5 Å². The minimum absolute atomic E-state index is 0.162. The van der Waals surface area contributed by atoms with Gasteiger partial charge in [0.25, 0.3) is 10.0 Å². The van der Waals surface area contributed by atoms with Gasteiger partial charge in [-0.2, -0.15) is 0 Å². The number of aromatic carboxylic acids is 1. The molecule has 0 saturated heterocycles. The largest absolute Gasteiger partial charge is 0.477 e. The molecule has 21 heavy (non-hydrogen) atoms. The molecule has 112 valence electrons. The fourth-order valence-corrected chi connectivity index (χ4v) is 4.10. The summed E-state index contributed by atoms with van der Waals surface area (Å²) in [5.74, 6) is -3.29. The first-order valence-electron chi connectivity index (χ1n) is 5.20. The predicted octanol–water partition coefficient (Wildman–Crippen LogP) is 3.29. The lowest BCUT2D eigenvalue weighted by molar-refractivity contribution is 0.0698. The van der Waals surface area contributed by atoms with Crippen LogP contribution >= 0.6 is 27.3 Å². The van der Waals surface area contributed by atoms with Crippen molar-refractivity contribution in [2.75, 3.05) is 4.72 Å². The summed E-state index contributed by atoms with van der Waals surface area (Å²) in [6.45, 7) is 0. The molecule has 2 aromatic rings. The van der Waals surface area contributed by atoms with E-state index in [1.54, 1.807) is 0 Å². The fourth-order valence-electron chi connectivity index (χ4n) is 1.47. The van der Waals surface area contributed by atoms with Gasteiger partial charge in [0, 0.05) is 6.07 Å². The zero-order valence-electron chi connectivity index (χ0n) is 9.93. The van der Waals surface area contributed by atoms with Crippen molar-refractivity contribution in [1.82, 2.24) is 0 Å². The molecule has 0 radical (unpaired) electrons. The Kier molecular flexibility index (Phi) is 4.30. The van der Waals surface area contributed by atoms with Crippen LogP contribution in [0.3, 0.4) is 0 Å². The van der Waals surface area contributed by atoms with E-state index in [9.17, 15) is 22.0 Å². The second-order valence-electron chi connectivity index (χ2n) is 3.77. The zero-order valence-corrected chi connectivity index (χ0v) is 13.2. The summed E-state index contributed by atoms with van der Waals surface area (Å²) in [5.41, 5.74) is -0.613. The maximum atomic E-state index is 13.6. The molecule has 0 atom stereocenters. The smallest absolute Gasteiger partial charge is 0.347 e. The van der Waals surface area contributed by atoms with Crippen LogP contribution in [0.15, 0.2) is 32.9 Å². The number of hydrogen-bond acceptors (Lipinski definition) is 4. The molecule has 2 N–H and O–H groups in total. The van der Waals surface area contributed by atoms with Crippen molar-refractivity contribution in [3.63, 3.8) is 0 Å². The van der Waals surface area contributed by atoms with Crippen molar-refractivity contribution in [2.24, 2.45) is 0 Å². The van der Waals surface area contributed by atoms with Gasteiger partial charge in [-0.25, -0.2) is 22.0 Å². The van der Waals surface area contributed by atoms with Crippen molar-refractivity contribution in [3.8, 4) is 0 Å². The lowest BCUT2D eigenvalue weighted by Crippen LogP contribution is -2.16. The molecule has 1 aromatic heterocycles. The Bertz CT molecular complexity index is 820. The number of hydrogen-bond donors (Lipinski definition) is 2. The van der Waals surface area contributed by atoms with Crippen molar-refractivity contribution in [1.29, 1.82) is 0 Å². The number of sulfonamides is 1. The van der Waals surface area contributed by atoms with Crippen molar-refractivity contribution in [3.05, 3.63) is 44.6 Å². The van der Waals surface area contributed by atoms with E-state index in [1.807, 2.05) is 4.72 Å². The normalized spacial score (nSPS) is 11.4. The Morgan fingerprint density at radius 2 is 1.95 bits per heavy atom. The highest BCUT2D eigenvalue weighted by Gasteiger charge is 2.25. The van der Waals surface area contributed by atoms with E-state index in [4.69, 9.17) is 5.11 Å². The SMILES string of the molecule is O=C(O)c1sccc1S(=O)(=O)Nc1cc(F)c(Br)cc1F. The average Bonchev–Trinajstić information content (AvgIpc) is 2.85. The molecule has 0 saturated carbocycles. The van der Waals surface area contributed by atoms with Crippen molar-refractivity contribution >= 4 is 48.9 Å². The van der Waals surface area contributed by atoms with Crippen LogP contribution in [0.25, 0.3) is 0 Å². The third-order valence-electron chi connectivity index (χ3n) is 2.37. The highest BCUT2D eigenvalue weighted by atomic mass is 79.9. The molecule has 5 nitrogen and oxygen atoms in total. The van der Waals surface area contributed by atoms with E-state index in [0.29, 0.717) is 17.4 Å². The third kappa shape index (κ3) is 3.22. The highest BCUT2D eigenvalue weighted by Crippen LogP contribution is 2.28. The minimum Gasteiger partial charge on any atom is -0.477 e. The first-order chi connectivity index (χ1) is 9.72. The Hall–Kier alpha value is -1.52. The number of anilines is 1. The first kappa shape index (κ1) is 15.9. The lowest BCUT2D eigenvalue weighted by Gasteiger charge is -2.09. The van der Waals surface area contributed by atoms with Gasteiger partial charge in [0.2, 0.25) is 0 Å². The number of carboxylic acid groups (broad SMARTS) is 1. The molecule has 0 aliphatic heterocycles. The van der Waals surface area contributed by atoms with Gasteiger partial charge in [0.15, 0.2) is 0 Å². The Balaban J connectivity index is 2.45. The summed E-state index contributed by atoms with van der Waals surface area (Å²) in [6.07, 6.45) is 0. The molecule has 0 spiro atoms. The summed E-state index contributed by atoms with van der Waals surface area (Å²) in [4.78, 5) is 10.00. The third-order valence-corrected chi connectivity index (χ3v) is 5.41. The maximum Gasteiger partial charge on any atom is 0.347 e. The van der Waals surface area contributed by atoms with Gasteiger partial charge < -0.3 is 5.11 Å². The summed E-state index contributed by atoms with van der Waals surface area (Å²) >= 11 is 3.47. The molecule has 0 unspecified atom stereocenters. The molecule has 10 heteroatoms. The van der Waals surface area contributed by atoms with Crippen LogP contribution in [-0.4, -0.2) is 19.5 Å². The molecule has 0 aliphatic rings. The van der Waals surface area contributed by atoms with Gasteiger partial charge in [0.1, 0.15) is 21.4 Å². The number of benzene rings is 1. The molecule has 2 rings (SSSR count). The van der Waals surface area contributed by atoms with Gasteiger partial charge in [-0.3, -0.25) is 4.72 Å². The van der Waals surface area contributed by atoms with Crippen LogP contribution in [0, 0.1) is 11.6 Å². The van der Waals surface area contributed by atoms with Crippen LogP contribution in [0.1, 0.15) is 9.67 Å². The van der Waals surface area contributed by atoms with Gasteiger partial charge >= 0.3 is 5.97 Å². The van der Waals surface area contributed by atoms with Gasteiger partial charge in [-0.05, 0) is 33.4 Å². The average molecular weight is 398 g/mol. The van der Waals surface area contributed by atoms with E-state index < -0.39 is 43.1 Å². The van der Waals surface area contributed by atoms with Crippen LogP contribution in [-0.2, 0) is 10.0 Å².